The standard InChI is InChI=1S/C14H17N3O4/c1-8(2)17-6-5-10(13(17)19)16-12(18)9-3-4-11(14(20)21)15-7-9/h3-4,7-8,10H,5-6H2,1-2H3,(H,16,18)(H,20,21). The molecule has 2 amide bonds. The summed E-state index contributed by atoms with van der Waals surface area (Å²) in [6.45, 7) is 4.48. The lowest BCUT2D eigenvalue weighted by Gasteiger charge is -2.21. The molecule has 1 atom stereocenters. The zero-order valence-electron chi connectivity index (χ0n) is 11.9. The maximum Gasteiger partial charge on any atom is 0.354 e. The summed E-state index contributed by atoms with van der Waals surface area (Å²) in [4.78, 5) is 40.2. The lowest BCUT2D eigenvalue weighted by Crippen LogP contribution is -2.43. The second kappa shape index (κ2) is 5.90. The van der Waals surface area contributed by atoms with Gasteiger partial charge in [-0.05, 0) is 32.4 Å². The van der Waals surface area contributed by atoms with Gasteiger partial charge in [-0.15, -0.1) is 0 Å². The molecule has 0 bridgehead atoms. The number of likely N-dealkylation sites (tertiary alicyclic amines) is 1. The summed E-state index contributed by atoms with van der Waals surface area (Å²) in [6, 6.07) is 2.22. The van der Waals surface area contributed by atoms with E-state index >= 15 is 0 Å². The number of aromatic nitrogens is 1. The summed E-state index contributed by atoms with van der Waals surface area (Å²) in [5.74, 6) is -1.67. The molecule has 1 aromatic rings. The first kappa shape index (κ1) is 15.0. The molecule has 21 heavy (non-hydrogen) atoms. The third-order valence-corrected chi connectivity index (χ3v) is 3.41. The van der Waals surface area contributed by atoms with Crippen LogP contribution in [-0.4, -0.2) is 51.4 Å². The smallest absolute Gasteiger partial charge is 0.354 e. The van der Waals surface area contributed by atoms with Crippen molar-refractivity contribution in [2.45, 2.75) is 32.4 Å². The lowest BCUT2D eigenvalue weighted by molar-refractivity contribution is -0.130. The van der Waals surface area contributed by atoms with Crippen LogP contribution in [0.15, 0.2) is 18.3 Å². The predicted molar refractivity (Wildman–Crippen MR) is 73.9 cm³/mol. The largest absolute Gasteiger partial charge is 0.477 e. The quantitative estimate of drug-likeness (QED) is 0.842. The molecular formula is C14H17N3O4. The van der Waals surface area contributed by atoms with Gasteiger partial charge in [0.25, 0.3) is 5.91 Å². The number of hydrogen-bond acceptors (Lipinski definition) is 4. The summed E-state index contributed by atoms with van der Waals surface area (Å²) in [7, 11) is 0. The van der Waals surface area contributed by atoms with Crippen molar-refractivity contribution >= 4 is 17.8 Å². The number of carboxylic acid groups (broad SMARTS) is 1. The fraction of sp³-hybridized carbons (Fsp3) is 0.429. The summed E-state index contributed by atoms with van der Waals surface area (Å²) >= 11 is 0. The minimum absolute atomic E-state index is 0.0894. The van der Waals surface area contributed by atoms with E-state index in [-0.39, 0.29) is 23.2 Å². The van der Waals surface area contributed by atoms with Crippen molar-refractivity contribution in [1.82, 2.24) is 15.2 Å². The Morgan fingerprint density at radius 2 is 2.14 bits per heavy atom. The van der Waals surface area contributed by atoms with Gasteiger partial charge >= 0.3 is 5.97 Å². The zero-order chi connectivity index (χ0) is 15.6. The molecule has 2 N–H and O–H groups in total. The Kier molecular flexibility index (Phi) is 4.21. The molecule has 1 aliphatic heterocycles. The van der Waals surface area contributed by atoms with E-state index in [2.05, 4.69) is 10.3 Å². The van der Waals surface area contributed by atoms with Crippen LogP contribution < -0.4 is 5.32 Å². The highest BCUT2D eigenvalue weighted by molar-refractivity contribution is 5.98. The van der Waals surface area contributed by atoms with Crippen molar-refractivity contribution in [3.63, 3.8) is 0 Å². The van der Waals surface area contributed by atoms with Gasteiger partial charge in [-0.1, -0.05) is 0 Å². The number of nitrogens with zero attached hydrogens (tertiary/aromatic N) is 2. The van der Waals surface area contributed by atoms with Crippen LogP contribution in [-0.2, 0) is 4.79 Å². The third-order valence-electron chi connectivity index (χ3n) is 3.41. The Morgan fingerprint density at radius 1 is 1.43 bits per heavy atom. The minimum atomic E-state index is -1.15. The average molecular weight is 291 g/mol. The number of amides is 2. The van der Waals surface area contributed by atoms with E-state index in [9.17, 15) is 14.4 Å². The highest BCUT2D eigenvalue weighted by Crippen LogP contribution is 2.15. The van der Waals surface area contributed by atoms with Gasteiger partial charge < -0.3 is 15.3 Å². The number of carbonyl (C=O) groups is 3. The minimum Gasteiger partial charge on any atom is -0.477 e. The van der Waals surface area contributed by atoms with Crippen LogP contribution in [0, 0.1) is 0 Å². The number of nitrogens with one attached hydrogen (secondary N) is 1. The fourth-order valence-corrected chi connectivity index (χ4v) is 2.24. The monoisotopic (exact) mass is 291 g/mol. The van der Waals surface area contributed by atoms with E-state index in [4.69, 9.17) is 5.11 Å². The van der Waals surface area contributed by atoms with Crippen molar-refractivity contribution < 1.29 is 19.5 Å². The Hall–Kier alpha value is -2.44. The molecule has 1 aliphatic rings. The highest BCUT2D eigenvalue weighted by atomic mass is 16.4. The van der Waals surface area contributed by atoms with Gasteiger partial charge in [0.15, 0.2) is 0 Å². The average Bonchev–Trinajstić information content (AvgIpc) is 2.80. The molecule has 1 saturated heterocycles. The molecule has 0 saturated carbocycles. The predicted octanol–water partition coefficient (Wildman–Crippen LogP) is 0.519. The van der Waals surface area contributed by atoms with Crippen LogP contribution in [0.3, 0.4) is 0 Å². The number of aromatic carboxylic acids is 1. The first-order valence-corrected chi connectivity index (χ1v) is 6.71. The molecular weight excluding hydrogens is 274 g/mol. The number of hydrogen-bond donors (Lipinski definition) is 2. The van der Waals surface area contributed by atoms with Crippen LogP contribution >= 0.6 is 0 Å². The van der Waals surface area contributed by atoms with Gasteiger partial charge in [0.1, 0.15) is 11.7 Å². The van der Waals surface area contributed by atoms with Crippen LogP contribution in [0.4, 0.5) is 0 Å². The maximum absolute atomic E-state index is 12.1. The van der Waals surface area contributed by atoms with Gasteiger partial charge in [0.2, 0.25) is 5.91 Å². The summed E-state index contributed by atoms with van der Waals surface area (Å²) < 4.78 is 0. The molecule has 1 aromatic heterocycles. The second-order valence-electron chi connectivity index (χ2n) is 5.18. The molecule has 2 rings (SSSR count). The number of carboxylic acids is 1. The molecule has 7 nitrogen and oxygen atoms in total. The van der Waals surface area contributed by atoms with Crippen molar-refractivity contribution in [3.05, 3.63) is 29.6 Å². The molecule has 0 aliphatic carbocycles. The molecule has 1 unspecified atom stereocenters. The van der Waals surface area contributed by atoms with Gasteiger partial charge in [0, 0.05) is 18.8 Å². The van der Waals surface area contributed by atoms with Crippen LogP contribution in [0.25, 0.3) is 0 Å². The number of carbonyl (C=O) groups excluding carboxylic acids is 2. The first-order valence-electron chi connectivity index (χ1n) is 6.71. The van der Waals surface area contributed by atoms with Crippen molar-refractivity contribution in [3.8, 4) is 0 Å². The van der Waals surface area contributed by atoms with E-state index < -0.39 is 17.9 Å². The van der Waals surface area contributed by atoms with E-state index in [1.807, 2.05) is 13.8 Å². The topological polar surface area (TPSA) is 99.6 Å². The Morgan fingerprint density at radius 3 is 2.62 bits per heavy atom. The van der Waals surface area contributed by atoms with E-state index in [0.29, 0.717) is 13.0 Å². The Balaban J connectivity index is 2.02. The molecule has 0 spiro atoms. The van der Waals surface area contributed by atoms with Crippen LogP contribution in [0.5, 0.6) is 0 Å². The van der Waals surface area contributed by atoms with Gasteiger partial charge in [0.05, 0.1) is 5.56 Å². The molecule has 0 aromatic carbocycles. The van der Waals surface area contributed by atoms with E-state index in [1.165, 1.54) is 18.3 Å². The Labute approximate surface area is 122 Å². The Bertz CT molecular complexity index is 568. The zero-order valence-corrected chi connectivity index (χ0v) is 11.9. The maximum atomic E-state index is 12.1. The molecule has 2 heterocycles. The van der Waals surface area contributed by atoms with Crippen LogP contribution in [0.1, 0.15) is 41.1 Å². The highest BCUT2D eigenvalue weighted by Gasteiger charge is 2.34. The van der Waals surface area contributed by atoms with E-state index in [0.717, 1.165) is 0 Å². The second-order valence-corrected chi connectivity index (χ2v) is 5.18. The van der Waals surface area contributed by atoms with Crippen molar-refractivity contribution in [1.29, 1.82) is 0 Å². The van der Waals surface area contributed by atoms with Gasteiger partial charge in [-0.2, -0.15) is 0 Å². The number of rotatable bonds is 4. The molecule has 112 valence electrons. The summed E-state index contributed by atoms with van der Waals surface area (Å²) in [5, 5.41) is 11.4. The van der Waals surface area contributed by atoms with Crippen molar-refractivity contribution in [2.24, 2.45) is 0 Å². The molecule has 1 fully saturated rings. The molecule has 7 heteroatoms. The summed E-state index contributed by atoms with van der Waals surface area (Å²) in [5.41, 5.74) is 0.102. The van der Waals surface area contributed by atoms with Gasteiger partial charge in [-0.3, -0.25) is 9.59 Å². The molecule has 0 radical (unpaired) electrons. The number of pyridine rings is 1. The lowest BCUT2D eigenvalue weighted by atomic mass is 10.2. The normalized spacial score (nSPS) is 18.1. The summed E-state index contributed by atoms with van der Waals surface area (Å²) in [6.07, 6.45) is 1.77. The SMILES string of the molecule is CC(C)N1CCC(NC(=O)c2ccc(C(=O)O)nc2)C1=O. The van der Waals surface area contributed by atoms with Gasteiger partial charge in [-0.25, -0.2) is 9.78 Å². The first-order chi connectivity index (χ1) is 9.90. The fourth-order valence-electron chi connectivity index (χ4n) is 2.24. The third kappa shape index (κ3) is 3.18. The van der Waals surface area contributed by atoms with E-state index in [1.54, 1.807) is 4.90 Å². The van der Waals surface area contributed by atoms with Crippen LogP contribution in [0.2, 0.25) is 0 Å². The van der Waals surface area contributed by atoms with Crippen molar-refractivity contribution in [2.75, 3.05) is 6.54 Å².